The first kappa shape index (κ1) is 22.2. The van der Waals surface area contributed by atoms with Crippen molar-refractivity contribution in [1.29, 1.82) is 0 Å². The van der Waals surface area contributed by atoms with Crippen LogP contribution in [0, 0.1) is 6.92 Å². The number of thiophene rings is 1. The molecule has 168 valence electrons. The van der Waals surface area contributed by atoms with Crippen molar-refractivity contribution in [3.8, 4) is 0 Å². The molecule has 3 aromatic rings. The summed E-state index contributed by atoms with van der Waals surface area (Å²) in [4.78, 5) is 44.6. The number of aromatic nitrogens is 2. The Morgan fingerprint density at radius 3 is 2.75 bits per heavy atom. The van der Waals surface area contributed by atoms with Crippen molar-refractivity contribution in [3.05, 3.63) is 62.5 Å². The van der Waals surface area contributed by atoms with Gasteiger partial charge in [0, 0.05) is 19.4 Å². The quantitative estimate of drug-likeness (QED) is 0.578. The maximum Gasteiger partial charge on any atom is 0.328 e. The normalized spacial score (nSPS) is 14.4. The van der Waals surface area contributed by atoms with Gasteiger partial charge in [-0.15, -0.1) is 11.3 Å². The molecule has 0 fully saturated rings. The second kappa shape index (κ2) is 9.65. The number of nitrogens with zero attached hydrogens (tertiary/aromatic N) is 2. The molecule has 0 bridgehead atoms. The zero-order valence-electron chi connectivity index (χ0n) is 18.3. The van der Waals surface area contributed by atoms with E-state index in [-0.39, 0.29) is 18.1 Å². The Morgan fingerprint density at radius 1 is 1.22 bits per heavy atom. The fraction of sp³-hybridized carbons (Fsp3) is 0.417. The lowest BCUT2D eigenvalue weighted by Gasteiger charge is -2.17. The summed E-state index contributed by atoms with van der Waals surface area (Å²) in [6, 6.07) is 8.66. The van der Waals surface area contributed by atoms with E-state index in [9.17, 15) is 14.4 Å². The number of ether oxygens (including phenoxy) is 1. The van der Waals surface area contributed by atoms with E-state index in [1.807, 2.05) is 30.3 Å². The fourth-order valence-corrected chi connectivity index (χ4v) is 5.23. The largest absolute Gasteiger partial charge is 0.464 e. The number of fused-ring (bicyclic) bond motifs is 2. The standard InChI is InChI=1S/C24H27N3O4S/c1-3-31-24(30)17(14-16-10-6-4-7-11-16)25-21(28)20-15(2)19-22(32-20)26-18-12-8-5-9-13-27(18)23(19)29/h4,6-7,10-11,17H,3,5,8-9,12-14H2,1-2H3,(H,25,28). The van der Waals surface area contributed by atoms with E-state index in [1.54, 1.807) is 18.4 Å². The van der Waals surface area contributed by atoms with Crippen molar-refractivity contribution < 1.29 is 14.3 Å². The Bertz CT molecular complexity index is 1200. The predicted octanol–water partition coefficient (Wildman–Crippen LogP) is 3.40. The van der Waals surface area contributed by atoms with Gasteiger partial charge >= 0.3 is 5.97 Å². The van der Waals surface area contributed by atoms with Crippen LogP contribution in [0.3, 0.4) is 0 Å². The lowest BCUT2D eigenvalue weighted by Crippen LogP contribution is -2.43. The van der Waals surface area contributed by atoms with Crippen LogP contribution in [0.1, 0.15) is 52.8 Å². The van der Waals surface area contributed by atoms with Crippen LogP contribution in [0.2, 0.25) is 0 Å². The van der Waals surface area contributed by atoms with E-state index >= 15 is 0 Å². The first-order valence-corrected chi connectivity index (χ1v) is 11.9. The highest BCUT2D eigenvalue weighted by molar-refractivity contribution is 7.20. The van der Waals surface area contributed by atoms with Crippen molar-refractivity contribution in [2.75, 3.05) is 6.61 Å². The molecular weight excluding hydrogens is 426 g/mol. The van der Waals surface area contributed by atoms with Crippen LogP contribution in [0.5, 0.6) is 0 Å². The van der Waals surface area contributed by atoms with Crippen molar-refractivity contribution >= 4 is 33.4 Å². The van der Waals surface area contributed by atoms with Gasteiger partial charge in [-0.2, -0.15) is 0 Å². The van der Waals surface area contributed by atoms with Gasteiger partial charge in [0.15, 0.2) is 0 Å². The summed E-state index contributed by atoms with van der Waals surface area (Å²) in [6.07, 6.45) is 4.14. The van der Waals surface area contributed by atoms with Crippen LogP contribution < -0.4 is 10.9 Å². The molecule has 8 heteroatoms. The van der Waals surface area contributed by atoms with Crippen molar-refractivity contribution in [2.24, 2.45) is 0 Å². The van der Waals surface area contributed by atoms with E-state index in [0.29, 0.717) is 33.6 Å². The van der Waals surface area contributed by atoms with Crippen LogP contribution in [-0.2, 0) is 28.9 Å². The second-order valence-electron chi connectivity index (χ2n) is 8.00. The Morgan fingerprint density at radius 2 is 2.00 bits per heavy atom. The minimum atomic E-state index is -0.819. The summed E-state index contributed by atoms with van der Waals surface area (Å²) in [7, 11) is 0. The molecule has 1 amide bonds. The van der Waals surface area contributed by atoms with Crippen molar-refractivity contribution in [1.82, 2.24) is 14.9 Å². The maximum atomic E-state index is 13.2. The van der Waals surface area contributed by atoms with E-state index in [1.165, 1.54) is 11.3 Å². The molecule has 7 nitrogen and oxygen atoms in total. The molecule has 0 radical (unpaired) electrons. The zero-order valence-corrected chi connectivity index (χ0v) is 19.2. The Labute approximate surface area is 190 Å². The Kier molecular flexibility index (Phi) is 6.69. The third-order valence-electron chi connectivity index (χ3n) is 5.78. The van der Waals surface area contributed by atoms with Gasteiger partial charge in [-0.05, 0) is 37.8 Å². The zero-order chi connectivity index (χ0) is 22.7. The summed E-state index contributed by atoms with van der Waals surface area (Å²) in [5.41, 5.74) is 1.45. The third-order valence-corrected chi connectivity index (χ3v) is 6.96. The summed E-state index contributed by atoms with van der Waals surface area (Å²) < 4.78 is 6.94. The number of amides is 1. The molecule has 1 N–H and O–H groups in total. The molecule has 1 atom stereocenters. The molecule has 1 unspecified atom stereocenters. The fourth-order valence-electron chi connectivity index (χ4n) is 4.14. The molecule has 2 aromatic heterocycles. The molecule has 1 aliphatic rings. The lowest BCUT2D eigenvalue weighted by molar-refractivity contribution is -0.145. The van der Waals surface area contributed by atoms with E-state index < -0.39 is 12.0 Å². The first-order valence-electron chi connectivity index (χ1n) is 11.0. The summed E-state index contributed by atoms with van der Waals surface area (Å²) in [5.74, 6) is -0.0749. The third kappa shape index (κ3) is 4.46. The van der Waals surface area contributed by atoms with Gasteiger partial charge in [-0.25, -0.2) is 9.78 Å². The molecule has 0 saturated carbocycles. The van der Waals surface area contributed by atoms with Gasteiger partial charge in [0.25, 0.3) is 11.5 Å². The number of hydrogen-bond donors (Lipinski definition) is 1. The van der Waals surface area contributed by atoms with E-state index in [4.69, 9.17) is 9.72 Å². The van der Waals surface area contributed by atoms with Gasteiger partial charge in [0.2, 0.25) is 0 Å². The molecule has 1 aromatic carbocycles. The SMILES string of the molecule is CCOC(=O)C(Cc1ccccc1)NC(=O)c1sc2nc3n(c(=O)c2c1C)CCCCC3. The highest BCUT2D eigenvalue weighted by Crippen LogP contribution is 2.28. The molecule has 0 saturated heterocycles. The van der Waals surface area contributed by atoms with Gasteiger partial charge in [0.1, 0.15) is 16.7 Å². The highest BCUT2D eigenvalue weighted by atomic mass is 32.1. The first-order chi connectivity index (χ1) is 15.5. The number of rotatable bonds is 6. The van der Waals surface area contributed by atoms with Crippen LogP contribution in [0.25, 0.3) is 10.2 Å². The van der Waals surface area contributed by atoms with Gasteiger partial charge < -0.3 is 10.1 Å². The predicted molar refractivity (Wildman–Crippen MR) is 124 cm³/mol. The second-order valence-corrected chi connectivity index (χ2v) is 9.00. The van der Waals surface area contributed by atoms with Gasteiger partial charge in [-0.1, -0.05) is 36.8 Å². The Hall–Kier alpha value is -3.00. The van der Waals surface area contributed by atoms with Crippen LogP contribution in [0.4, 0.5) is 0 Å². The topological polar surface area (TPSA) is 90.3 Å². The molecule has 1 aliphatic heterocycles. The van der Waals surface area contributed by atoms with Crippen molar-refractivity contribution in [2.45, 2.75) is 58.5 Å². The van der Waals surface area contributed by atoms with E-state index in [2.05, 4.69) is 5.32 Å². The molecule has 32 heavy (non-hydrogen) atoms. The van der Waals surface area contributed by atoms with Crippen LogP contribution in [-0.4, -0.2) is 34.1 Å². The number of carbonyl (C=O) groups excluding carboxylic acids is 2. The smallest absolute Gasteiger partial charge is 0.328 e. The molecule has 0 aliphatic carbocycles. The van der Waals surface area contributed by atoms with Gasteiger partial charge in [-0.3, -0.25) is 14.2 Å². The molecular formula is C24H27N3O4S. The minimum Gasteiger partial charge on any atom is -0.464 e. The summed E-state index contributed by atoms with van der Waals surface area (Å²) >= 11 is 1.21. The lowest BCUT2D eigenvalue weighted by atomic mass is 10.1. The Balaban J connectivity index is 1.65. The van der Waals surface area contributed by atoms with Gasteiger partial charge in [0.05, 0.1) is 16.9 Å². The van der Waals surface area contributed by atoms with Crippen LogP contribution >= 0.6 is 11.3 Å². The molecule has 0 spiro atoms. The number of benzene rings is 1. The monoisotopic (exact) mass is 453 g/mol. The summed E-state index contributed by atoms with van der Waals surface area (Å²) in [6.45, 7) is 4.40. The average Bonchev–Trinajstić information content (AvgIpc) is 2.95. The number of esters is 1. The maximum absolute atomic E-state index is 13.2. The number of hydrogen-bond acceptors (Lipinski definition) is 6. The highest BCUT2D eigenvalue weighted by Gasteiger charge is 2.27. The number of carbonyl (C=O) groups is 2. The van der Waals surface area contributed by atoms with Crippen molar-refractivity contribution in [3.63, 3.8) is 0 Å². The molecule has 3 heterocycles. The molecule has 4 rings (SSSR count). The average molecular weight is 454 g/mol. The number of aryl methyl sites for hydroxylation is 2. The van der Waals surface area contributed by atoms with E-state index in [0.717, 1.165) is 37.1 Å². The minimum absolute atomic E-state index is 0.0778. The number of nitrogens with one attached hydrogen (secondary N) is 1. The van der Waals surface area contributed by atoms with Crippen LogP contribution in [0.15, 0.2) is 35.1 Å². The summed E-state index contributed by atoms with van der Waals surface area (Å²) in [5, 5.41) is 3.33.